The fraction of sp³-hybridized carbons (Fsp3) is 0.833. The van der Waals surface area contributed by atoms with E-state index in [9.17, 15) is 4.79 Å². The Morgan fingerprint density at radius 2 is 1.72 bits per heavy atom. The molecule has 0 saturated heterocycles. The molecule has 7 heteroatoms. The number of nitrogens with one attached hydrogen (secondary N) is 1. The molecule has 4 bridgehead atoms. The van der Waals surface area contributed by atoms with Gasteiger partial charge in [-0.25, -0.2) is 0 Å². The van der Waals surface area contributed by atoms with Gasteiger partial charge in [0, 0.05) is 6.04 Å². The number of rotatable bonds is 7. The Bertz CT molecular complexity index is 598. The Morgan fingerprint density at radius 1 is 1.16 bits per heavy atom. The van der Waals surface area contributed by atoms with Gasteiger partial charge < -0.3 is 5.32 Å². The van der Waals surface area contributed by atoms with E-state index >= 15 is 0 Å². The van der Waals surface area contributed by atoms with Gasteiger partial charge in [-0.2, -0.15) is 0 Å². The van der Waals surface area contributed by atoms with E-state index in [1.165, 1.54) is 50.3 Å². The molecule has 0 spiro atoms. The normalized spacial score (nSPS) is 34.2. The Balaban J connectivity index is 1.30. The molecule has 25 heavy (non-hydrogen) atoms. The second-order valence-corrected chi connectivity index (χ2v) is 11.8. The summed E-state index contributed by atoms with van der Waals surface area (Å²) in [6.45, 7) is 4.36. The molecule has 0 radical (unpaired) electrons. The zero-order chi connectivity index (χ0) is 17.4. The maximum Gasteiger partial charge on any atom is 0.230 e. The smallest absolute Gasteiger partial charge is 0.230 e. The molecule has 5 rings (SSSR count). The van der Waals surface area contributed by atoms with E-state index < -0.39 is 0 Å². The van der Waals surface area contributed by atoms with E-state index in [0.717, 1.165) is 32.2 Å². The van der Waals surface area contributed by atoms with E-state index in [2.05, 4.69) is 29.4 Å². The second-order valence-electron chi connectivity index (χ2n) is 8.12. The predicted octanol–water partition coefficient (Wildman–Crippen LogP) is 4.46. The van der Waals surface area contributed by atoms with Crippen LogP contribution in [-0.4, -0.2) is 33.7 Å². The number of amides is 1. The summed E-state index contributed by atoms with van der Waals surface area (Å²) in [7, 11) is 0. The van der Waals surface area contributed by atoms with Crippen LogP contribution in [-0.2, 0) is 4.79 Å². The van der Waals surface area contributed by atoms with Gasteiger partial charge in [0.1, 0.15) is 0 Å². The molecular weight excluding hydrogens is 370 g/mol. The number of carbonyl (C=O) groups is 1. The lowest BCUT2D eigenvalue weighted by Crippen LogP contribution is -2.56. The topological polar surface area (TPSA) is 54.9 Å². The molecule has 4 saturated carbocycles. The first-order valence-electron chi connectivity index (χ1n) is 9.45. The molecule has 4 nitrogen and oxygen atoms in total. The van der Waals surface area contributed by atoms with E-state index in [0.29, 0.717) is 17.2 Å². The van der Waals surface area contributed by atoms with Crippen LogP contribution < -0.4 is 5.32 Å². The summed E-state index contributed by atoms with van der Waals surface area (Å²) in [5.41, 5.74) is 0.378. The van der Waals surface area contributed by atoms with Crippen molar-refractivity contribution in [3.63, 3.8) is 0 Å². The van der Waals surface area contributed by atoms with Gasteiger partial charge in [0.2, 0.25) is 5.91 Å². The first kappa shape index (κ1) is 18.1. The van der Waals surface area contributed by atoms with Crippen LogP contribution in [0.3, 0.4) is 0 Å². The van der Waals surface area contributed by atoms with Crippen molar-refractivity contribution in [2.24, 2.45) is 23.2 Å². The second kappa shape index (κ2) is 7.39. The van der Waals surface area contributed by atoms with Crippen molar-refractivity contribution in [3.05, 3.63) is 0 Å². The van der Waals surface area contributed by atoms with Crippen LogP contribution in [0.5, 0.6) is 0 Å². The summed E-state index contributed by atoms with van der Waals surface area (Å²) < 4.78 is 1.89. The van der Waals surface area contributed by atoms with Gasteiger partial charge in [0.25, 0.3) is 0 Å². The van der Waals surface area contributed by atoms with E-state index in [1.807, 2.05) is 0 Å². The van der Waals surface area contributed by atoms with Crippen molar-refractivity contribution >= 4 is 40.8 Å². The van der Waals surface area contributed by atoms with Crippen LogP contribution in [0.2, 0.25) is 0 Å². The largest absolute Gasteiger partial charge is 0.352 e. The zero-order valence-electron chi connectivity index (χ0n) is 15.0. The van der Waals surface area contributed by atoms with Gasteiger partial charge in [-0.1, -0.05) is 41.8 Å². The van der Waals surface area contributed by atoms with Gasteiger partial charge >= 0.3 is 0 Å². The lowest BCUT2D eigenvalue weighted by Gasteiger charge is -2.59. The molecule has 1 heterocycles. The van der Waals surface area contributed by atoms with Crippen LogP contribution in [0.1, 0.15) is 52.4 Å². The Morgan fingerprint density at radius 3 is 2.28 bits per heavy atom. The Hall–Kier alpha value is -0.270. The highest BCUT2D eigenvalue weighted by molar-refractivity contribution is 8.03. The molecule has 1 aromatic rings. The highest BCUT2D eigenvalue weighted by Crippen LogP contribution is 2.61. The van der Waals surface area contributed by atoms with Crippen molar-refractivity contribution in [1.29, 1.82) is 0 Å². The number of nitrogens with zero attached hydrogens (tertiary/aromatic N) is 2. The molecule has 4 fully saturated rings. The number of hydrogen-bond acceptors (Lipinski definition) is 6. The van der Waals surface area contributed by atoms with Crippen molar-refractivity contribution in [1.82, 2.24) is 15.5 Å². The molecule has 1 amide bonds. The van der Waals surface area contributed by atoms with Gasteiger partial charge in [-0.05, 0) is 74.4 Å². The summed E-state index contributed by atoms with van der Waals surface area (Å²) in [4.78, 5) is 12.5. The molecule has 1 atom stereocenters. The van der Waals surface area contributed by atoms with Crippen LogP contribution >= 0.6 is 34.9 Å². The van der Waals surface area contributed by atoms with Gasteiger partial charge in [0.15, 0.2) is 8.68 Å². The Kier molecular flexibility index (Phi) is 5.35. The van der Waals surface area contributed by atoms with Crippen molar-refractivity contribution in [2.75, 3.05) is 11.5 Å². The summed E-state index contributed by atoms with van der Waals surface area (Å²) in [5.74, 6) is 4.38. The highest BCUT2D eigenvalue weighted by Gasteiger charge is 2.53. The molecule has 0 unspecified atom stereocenters. The summed E-state index contributed by atoms with van der Waals surface area (Å²) in [6.07, 6.45) is 8.35. The minimum absolute atomic E-state index is 0.146. The summed E-state index contributed by atoms with van der Waals surface area (Å²) in [5, 5.41) is 11.7. The maximum absolute atomic E-state index is 12.5. The first-order chi connectivity index (χ1) is 12.1. The van der Waals surface area contributed by atoms with Crippen LogP contribution in [0.4, 0.5) is 0 Å². The summed E-state index contributed by atoms with van der Waals surface area (Å²) >= 11 is 4.81. The average Bonchev–Trinajstić information content (AvgIpc) is 3.00. The SMILES string of the molecule is CCSc1nnc(SCC(=O)N[C@H](C)C23CC4CC(CC(C4)C2)C3)s1. The average molecular weight is 398 g/mol. The number of hydrogen-bond donors (Lipinski definition) is 1. The van der Waals surface area contributed by atoms with Crippen molar-refractivity contribution in [3.8, 4) is 0 Å². The first-order valence-corrected chi connectivity index (χ1v) is 12.2. The number of thioether (sulfide) groups is 2. The summed E-state index contributed by atoms with van der Waals surface area (Å²) in [6, 6.07) is 0.301. The lowest BCUT2D eigenvalue weighted by molar-refractivity contribution is -0.123. The van der Waals surface area contributed by atoms with E-state index in [1.54, 1.807) is 23.1 Å². The van der Waals surface area contributed by atoms with Gasteiger partial charge in [0.05, 0.1) is 5.75 Å². The molecule has 0 aliphatic heterocycles. The van der Waals surface area contributed by atoms with Crippen LogP contribution in [0, 0.1) is 23.2 Å². The Labute approximate surface area is 162 Å². The van der Waals surface area contributed by atoms with E-state index in [-0.39, 0.29) is 5.91 Å². The molecule has 4 aliphatic carbocycles. The van der Waals surface area contributed by atoms with E-state index in [4.69, 9.17) is 0 Å². The molecule has 1 N–H and O–H groups in total. The monoisotopic (exact) mass is 397 g/mol. The fourth-order valence-corrected chi connectivity index (χ4v) is 8.44. The zero-order valence-corrected chi connectivity index (χ0v) is 17.4. The minimum atomic E-state index is 0.146. The van der Waals surface area contributed by atoms with Crippen molar-refractivity contribution in [2.45, 2.75) is 67.1 Å². The third-order valence-corrected chi connectivity index (χ3v) is 9.44. The standard InChI is InChI=1S/C18H27N3OS3/c1-3-23-16-20-21-17(25-16)24-10-15(22)19-11(2)18-7-12-4-13(8-18)6-14(5-12)9-18/h11-14H,3-10H2,1-2H3,(H,19,22)/t11-,12?,13?,14?,18?/m1/s1. The third-order valence-electron chi connectivity index (χ3n) is 6.36. The molecular formula is C18H27N3OS3. The fourth-order valence-electron chi connectivity index (χ4n) is 5.71. The lowest BCUT2D eigenvalue weighted by atomic mass is 9.48. The molecule has 0 aromatic carbocycles. The molecule has 4 aliphatic rings. The minimum Gasteiger partial charge on any atom is -0.352 e. The molecule has 138 valence electrons. The van der Waals surface area contributed by atoms with Gasteiger partial charge in [-0.3, -0.25) is 4.79 Å². The predicted molar refractivity (Wildman–Crippen MR) is 105 cm³/mol. The van der Waals surface area contributed by atoms with Gasteiger partial charge in [-0.15, -0.1) is 10.2 Å². The maximum atomic E-state index is 12.5. The quantitative estimate of drug-likeness (QED) is 0.688. The number of aromatic nitrogens is 2. The number of carbonyl (C=O) groups excluding carboxylic acids is 1. The van der Waals surface area contributed by atoms with Crippen LogP contribution in [0.25, 0.3) is 0 Å². The third kappa shape index (κ3) is 3.88. The molecule has 1 aromatic heterocycles. The van der Waals surface area contributed by atoms with Crippen LogP contribution in [0.15, 0.2) is 8.68 Å². The highest BCUT2D eigenvalue weighted by atomic mass is 32.2. The van der Waals surface area contributed by atoms with Crippen molar-refractivity contribution < 1.29 is 4.79 Å².